The van der Waals surface area contributed by atoms with E-state index in [1.165, 1.54) is 11.3 Å². The molecule has 2 rings (SSSR count). The van der Waals surface area contributed by atoms with Crippen LogP contribution >= 0.6 is 0 Å². The molecular formula is C17H28N2O. The maximum absolute atomic E-state index is 5.58. The Morgan fingerprint density at radius 1 is 1.40 bits per heavy atom. The largest absolute Gasteiger partial charge is 0.495 e. The van der Waals surface area contributed by atoms with Crippen LogP contribution in [0.4, 0.5) is 5.69 Å². The highest BCUT2D eigenvalue weighted by Crippen LogP contribution is 2.33. The van der Waals surface area contributed by atoms with Gasteiger partial charge in [0.25, 0.3) is 0 Å². The Bertz CT molecular complexity index is 445. The number of methoxy groups -OCH3 is 1. The van der Waals surface area contributed by atoms with Crippen LogP contribution < -0.4 is 15.0 Å². The van der Waals surface area contributed by atoms with Gasteiger partial charge in [-0.1, -0.05) is 26.8 Å². The molecule has 0 bridgehead atoms. The van der Waals surface area contributed by atoms with Gasteiger partial charge in [0.1, 0.15) is 5.75 Å². The number of aryl methyl sites for hydroxylation is 1. The van der Waals surface area contributed by atoms with Crippen LogP contribution in [0.25, 0.3) is 0 Å². The normalized spacial score (nSPS) is 23.2. The third kappa shape index (κ3) is 3.09. The van der Waals surface area contributed by atoms with Crippen LogP contribution in [0.3, 0.4) is 0 Å². The summed E-state index contributed by atoms with van der Waals surface area (Å²) < 4.78 is 5.58. The second-order valence-corrected chi connectivity index (χ2v) is 6.15. The summed E-state index contributed by atoms with van der Waals surface area (Å²) in [5.74, 6) is 1.63. The smallest absolute Gasteiger partial charge is 0.142 e. The number of benzene rings is 1. The molecule has 0 spiro atoms. The number of hydrogen-bond donors (Lipinski definition) is 1. The molecule has 112 valence electrons. The van der Waals surface area contributed by atoms with E-state index in [2.05, 4.69) is 56.1 Å². The van der Waals surface area contributed by atoms with Crippen molar-refractivity contribution in [3.05, 3.63) is 23.8 Å². The van der Waals surface area contributed by atoms with Crippen LogP contribution in [-0.4, -0.2) is 32.3 Å². The van der Waals surface area contributed by atoms with Gasteiger partial charge in [0.15, 0.2) is 0 Å². The maximum Gasteiger partial charge on any atom is 0.142 e. The molecule has 1 aliphatic heterocycles. The Kier molecular flexibility index (Phi) is 4.92. The van der Waals surface area contributed by atoms with Gasteiger partial charge in [-0.3, -0.25) is 0 Å². The maximum atomic E-state index is 5.58. The van der Waals surface area contributed by atoms with Crippen LogP contribution in [-0.2, 0) is 0 Å². The van der Waals surface area contributed by atoms with Crippen molar-refractivity contribution in [3.8, 4) is 5.75 Å². The summed E-state index contributed by atoms with van der Waals surface area (Å²) in [6.45, 7) is 11.1. The van der Waals surface area contributed by atoms with Crippen molar-refractivity contribution in [2.75, 3.05) is 25.1 Å². The van der Waals surface area contributed by atoms with Crippen molar-refractivity contribution in [1.29, 1.82) is 0 Å². The molecule has 0 radical (unpaired) electrons. The minimum Gasteiger partial charge on any atom is -0.495 e. The summed E-state index contributed by atoms with van der Waals surface area (Å²) in [6, 6.07) is 7.54. The lowest BCUT2D eigenvalue weighted by atomic mass is 9.97. The van der Waals surface area contributed by atoms with E-state index in [1.54, 1.807) is 7.11 Å². The molecule has 1 N–H and O–H groups in total. The quantitative estimate of drug-likeness (QED) is 0.914. The van der Waals surface area contributed by atoms with Gasteiger partial charge in [-0.05, 0) is 37.0 Å². The molecule has 1 aromatic rings. The number of piperazine rings is 1. The van der Waals surface area contributed by atoms with Gasteiger partial charge in [-0.15, -0.1) is 0 Å². The molecule has 3 heteroatoms. The Hall–Kier alpha value is -1.22. The molecule has 0 amide bonds. The first kappa shape index (κ1) is 15.2. The molecule has 0 aromatic heterocycles. The van der Waals surface area contributed by atoms with Crippen molar-refractivity contribution in [1.82, 2.24) is 5.32 Å². The number of rotatable bonds is 4. The molecule has 1 aromatic carbocycles. The predicted octanol–water partition coefficient (Wildman–Crippen LogP) is 3.22. The minimum atomic E-state index is 0.542. The average molecular weight is 276 g/mol. The first-order valence-corrected chi connectivity index (χ1v) is 7.71. The van der Waals surface area contributed by atoms with E-state index in [4.69, 9.17) is 4.74 Å². The third-order valence-corrected chi connectivity index (χ3v) is 4.37. The van der Waals surface area contributed by atoms with Crippen molar-refractivity contribution in [3.63, 3.8) is 0 Å². The summed E-state index contributed by atoms with van der Waals surface area (Å²) in [6.07, 6.45) is 1.15. The Labute approximate surface area is 123 Å². The lowest BCUT2D eigenvalue weighted by molar-refractivity contribution is 0.321. The molecule has 2 atom stereocenters. The third-order valence-electron chi connectivity index (χ3n) is 4.37. The molecule has 1 aliphatic rings. The molecule has 1 saturated heterocycles. The van der Waals surface area contributed by atoms with Crippen LogP contribution in [0.5, 0.6) is 5.75 Å². The lowest BCUT2D eigenvalue weighted by Gasteiger charge is -2.43. The zero-order valence-corrected chi connectivity index (χ0v) is 13.4. The van der Waals surface area contributed by atoms with Gasteiger partial charge in [-0.2, -0.15) is 0 Å². The highest BCUT2D eigenvalue weighted by atomic mass is 16.5. The van der Waals surface area contributed by atoms with Gasteiger partial charge in [-0.25, -0.2) is 0 Å². The van der Waals surface area contributed by atoms with Crippen LogP contribution in [0.1, 0.15) is 32.8 Å². The summed E-state index contributed by atoms with van der Waals surface area (Å²) >= 11 is 0. The zero-order valence-electron chi connectivity index (χ0n) is 13.4. The standard InChI is InChI=1S/C17H28N2O/c1-6-14-10-18-15(12(2)3)11-19(14)16-9-13(4)7-8-17(16)20-5/h7-9,12,14-15,18H,6,10-11H2,1-5H3. The molecule has 1 fully saturated rings. The predicted molar refractivity (Wildman–Crippen MR) is 85.8 cm³/mol. The first-order valence-electron chi connectivity index (χ1n) is 7.71. The summed E-state index contributed by atoms with van der Waals surface area (Å²) in [4.78, 5) is 2.53. The van der Waals surface area contributed by atoms with E-state index >= 15 is 0 Å². The molecule has 20 heavy (non-hydrogen) atoms. The number of anilines is 1. The fourth-order valence-electron chi connectivity index (χ4n) is 2.95. The number of hydrogen-bond acceptors (Lipinski definition) is 3. The molecule has 3 nitrogen and oxygen atoms in total. The number of ether oxygens (including phenoxy) is 1. The molecule has 0 aliphatic carbocycles. The zero-order chi connectivity index (χ0) is 14.7. The van der Waals surface area contributed by atoms with E-state index in [1.807, 2.05) is 0 Å². The summed E-state index contributed by atoms with van der Waals surface area (Å²) in [7, 11) is 1.76. The highest BCUT2D eigenvalue weighted by molar-refractivity contribution is 5.61. The number of nitrogens with zero attached hydrogens (tertiary/aromatic N) is 1. The van der Waals surface area contributed by atoms with E-state index in [0.29, 0.717) is 18.0 Å². The van der Waals surface area contributed by atoms with Gasteiger partial charge >= 0.3 is 0 Å². The first-order chi connectivity index (χ1) is 9.56. The van der Waals surface area contributed by atoms with Gasteiger partial charge in [0.2, 0.25) is 0 Å². The fraction of sp³-hybridized carbons (Fsp3) is 0.647. The monoisotopic (exact) mass is 276 g/mol. The Balaban J connectivity index is 2.33. The summed E-state index contributed by atoms with van der Waals surface area (Å²) in [5, 5.41) is 3.69. The minimum absolute atomic E-state index is 0.542. The SMILES string of the molecule is CCC1CNC(C(C)C)CN1c1cc(C)ccc1OC. The highest BCUT2D eigenvalue weighted by Gasteiger charge is 2.29. The van der Waals surface area contributed by atoms with Crippen LogP contribution in [0.15, 0.2) is 18.2 Å². The summed E-state index contributed by atoms with van der Waals surface area (Å²) in [5.41, 5.74) is 2.53. The van der Waals surface area contributed by atoms with E-state index in [0.717, 1.165) is 25.3 Å². The van der Waals surface area contributed by atoms with Crippen molar-refractivity contribution in [2.45, 2.75) is 46.2 Å². The lowest BCUT2D eigenvalue weighted by Crippen LogP contribution is -2.58. The Morgan fingerprint density at radius 2 is 2.15 bits per heavy atom. The molecular weight excluding hydrogens is 248 g/mol. The van der Waals surface area contributed by atoms with Crippen molar-refractivity contribution in [2.24, 2.45) is 5.92 Å². The fourth-order valence-corrected chi connectivity index (χ4v) is 2.95. The topological polar surface area (TPSA) is 24.5 Å². The number of nitrogens with one attached hydrogen (secondary N) is 1. The van der Waals surface area contributed by atoms with Crippen molar-refractivity contribution >= 4 is 5.69 Å². The van der Waals surface area contributed by atoms with Gasteiger partial charge in [0, 0.05) is 25.2 Å². The van der Waals surface area contributed by atoms with E-state index in [-0.39, 0.29) is 0 Å². The van der Waals surface area contributed by atoms with E-state index < -0.39 is 0 Å². The van der Waals surface area contributed by atoms with Crippen LogP contribution in [0.2, 0.25) is 0 Å². The van der Waals surface area contributed by atoms with E-state index in [9.17, 15) is 0 Å². The van der Waals surface area contributed by atoms with Gasteiger partial charge < -0.3 is 15.0 Å². The Morgan fingerprint density at radius 3 is 2.75 bits per heavy atom. The second kappa shape index (κ2) is 6.49. The molecule has 2 unspecified atom stereocenters. The molecule has 0 saturated carbocycles. The second-order valence-electron chi connectivity index (χ2n) is 6.15. The molecule has 1 heterocycles. The van der Waals surface area contributed by atoms with Crippen molar-refractivity contribution < 1.29 is 4.74 Å². The average Bonchev–Trinajstić information content (AvgIpc) is 2.46. The van der Waals surface area contributed by atoms with Gasteiger partial charge in [0.05, 0.1) is 12.8 Å². The van der Waals surface area contributed by atoms with Crippen LogP contribution in [0, 0.1) is 12.8 Å².